The fourth-order valence-electron chi connectivity index (χ4n) is 3.44. The zero-order valence-electron chi connectivity index (χ0n) is 21.7. The summed E-state index contributed by atoms with van der Waals surface area (Å²) in [5.41, 5.74) is 3.47. The maximum absolute atomic E-state index is 11.9. The number of benzene rings is 1. The zero-order chi connectivity index (χ0) is 27.4. The molecule has 2 aromatic heterocycles. The van der Waals surface area contributed by atoms with Gasteiger partial charge < -0.3 is 20.3 Å². The van der Waals surface area contributed by atoms with Crippen LogP contribution in [0.15, 0.2) is 42.6 Å². The molecule has 1 saturated heterocycles. The third-order valence-electron chi connectivity index (χ3n) is 5.36. The molecule has 1 aliphatic heterocycles. The van der Waals surface area contributed by atoms with Crippen LogP contribution in [-0.2, 0) is 10.9 Å². The lowest BCUT2D eigenvalue weighted by Gasteiger charge is -2.28. The van der Waals surface area contributed by atoms with E-state index < -0.39 is 11.7 Å². The van der Waals surface area contributed by atoms with Crippen LogP contribution in [0.3, 0.4) is 0 Å². The molecule has 11 heteroatoms. The van der Waals surface area contributed by atoms with Crippen LogP contribution in [0.4, 0.5) is 30.5 Å². The summed E-state index contributed by atoms with van der Waals surface area (Å²) in [5, 5.41) is 12.6. The molecule has 0 radical (unpaired) electrons. The molecular formula is C26H33F3N6O2. The summed E-state index contributed by atoms with van der Waals surface area (Å²) in [6, 6.07) is 11.4. The minimum Gasteiger partial charge on any atom is -0.388 e. The largest absolute Gasteiger partial charge is 0.418 e. The van der Waals surface area contributed by atoms with Gasteiger partial charge in [-0.25, -0.2) is 4.98 Å². The molecule has 1 fully saturated rings. The Hall–Kier alpha value is -3.73. The smallest absolute Gasteiger partial charge is 0.388 e. The number of hydrogen-bond acceptors (Lipinski definition) is 8. The van der Waals surface area contributed by atoms with Gasteiger partial charge >= 0.3 is 6.18 Å². The van der Waals surface area contributed by atoms with Crippen LogP contribution in [0.1, 0.15) is 35.5 Å². The highest BCUT2D eigenvalue weighted by Gasteiger charge is 2.31. The Morgan fingerprint density at radius 2 is 1.73 bits per heavy atom. The van der Waals surface area contributed by atoms with Gasteiger partial charge in [0.1, 0.15) is 17.3 Å². The molecule has 37 heavy (non-hydrogen) atoms. The number of ether oxygens (including phenoxy) is 1. The van der Waals surface area contributed by atoms with Crippen molar-refractivity contribution in [1.82, 2.24) is 15.2 Å². The van der Waals surface area contributed by atoms with Crippen LogP contribution in [-0.4, -0.2) is 61.9 Å². The number of morpholine rings is 1. The molecule has 1 aliphatic rings. The third-order valence-corrected chi connectivity index (χ3v) is 5.36. The maximum Gasteiger partial charge on any atom is 0.418 e. The Balaban J connectivity index is 0.000000291. The summed E-state index contributed by atoms with van der Waals surface area (Å²) < 4.78 is 41.2. The Morgan fingerprint density at radius 3 is 2.32 bits per heavy atom. The van der Waals surface area contributed by atoms with E-state index in [0.29, 0.717) is 12.3 Å². The molecular weight excluding hydrogens is 485 g/mol. The number of nitrogens with zero attached hydrogens (tertiary/aromatic N) is 4. The van der Waals surface area contributed by atoms with Gasteiger partial charge in [0, 0.05) is 32.9 Å². The molecule has 0 bridgehead atoms. The lowest BCUT2D eigenvalue weighted by Crippen LogP contribution is -2.36. The van der Waals surface area contributed by atoms with Crippen LogP contribution in [0.25, 0.3) is 11.1 Å². The first kappa shape index (κ1) is 29.5. The SMILES string of the molecule is CC.CNc1ccc(C)c(-c2cc(NC)nc(N3CCOCC3)c2)c1.O=Cc1cc(C(F)(F)F)cnn1. The second-order valence-electron chi connectivity index (χ2n) is 7.71. The van der Waals surface area contributed by atoms with E-state index in [0.717, 1.165) is 43.6 Å². The minimum absolute atomic E-state index is 0.211. The van der Waals surface area contributed by atoms with Crippen molar-refractivity contribution in [1.29, 1.82) is 0 Å². The van der Waals surface area contributed by atoms with E-state index in [-0.39, 0.29) is 12.0 Å². The number of halogens is 3. The van der Waals surface area contributed by atoms with Gasteiger partial charge in [0.05, 0.1) is 25.0 Å². The number of carbonyl (C=O) groups is 1. The van der Waals surface area contributed by atoms with E-state index in [1.807, 2.05) is 27.9 Å². The Labute approximate surface area is 215 Å². The summed E-state index contributed by atoms with van der Waals surface area (Å²) in [4.78, 5) is 17.0. The second-order valence-corrected chi connectivity index (χ2v) is 7.71. The summed E-state index contributed by atoms with van der Waals surface area (Å²) in [6.07, 6.45) is -3.71. The van der Waals surface area contributed by atoms with Crippen LogP contribution in [0.2, 0.25) is 0 Å². The van der Waals surface area contributed by atoms with E-state index >= 15 is 0 Å². The lowest BCUT2D eigenvalue weighted by molar-refractivity contribution is -0.137. The first-order valence-electron chi connectivity index (χ1n) is 11.9. The molecule has 2 N–H and O–H groups in total. The molecule has 4 rings (SSSR count). The standard InChI is InChI=1S/C18H24N4O.C6H3F3N2O.C2H6/c1-13-4-5-15(19-2)12-16(13)14-10-17(20-3)21-18(11-14)22-6-8-23-9-7-22;7-6(8,9)4-1-5(3-12)11-10-2-4;1-2/h4-5,10-12,19H,6-9H2,1-3H3,(H,20,21);1-3H;1-2H3. The van der Waals surface area contributed by atoms with Gasteiger partial charge in [0.15, 0.2) is 6.29 Å². The summed E-state index contributed by atoms with van der Waals surface area (Å²) in [7, 11) is 3.85. The van der Waals surface area contributed by atoms with E-state index in [2.05, 4.69) is 63.0 Å². The highest BCUT2D eigenvalue weighted by Crippen LogP contribution is 2.31. The molecule has 0 spiro atoms. The van der Waals surface area contributed by atoms with Crippen molar-refractivity contribution in [3.63, 3.8) is 0 Å². The molecule has 1 aromatic carbocycles. The molecule has 0 saturated carbocycles. The number of carbonyl (C=O) groups excluding carboxylic acids is 1. The quantitative estimate of drug-likeness (QED) is 0.439. The van der Waals surface area contributed by atoms with Gasteiger partial charge in [-0.1, -0.05) is 19.9 Å². The molecule has 3 heterocycles. The van der Waals surface area contributed by atoms with Crippen molar-refractivity contribution in [3.8, 4) is 11.1 Å². The number of aromatic nitrogens is 3. The fourth-order valence-corrected chi connectivity index (χ4v) is 3.44. The van der Waals surface area contributed by atoms with Gasteiger partial charge in [-0.15, -0.1) is 5.10 Å². The Kier molecular flexibility index (Phi) is 11.3. The second kappa shape index (κ2) is 14.1. The number of pyridine rings is 1. The average molecular weight is 519 g/mol. The number of alkyl halides is 3. The normalized spacial score (nSPS) is 12.9. The van der Waals surface area contributed by atoms with E-state index in [1.165, 1.54) is 16.7 Å². The minimum atomic E-state index is -4.48. The summed E-state index contributed by atoms with van der Waals surface area (Å²) >= 11 is 0. The number of aryl methyl sites for hydroxylation is 1. The van der Waals surface area contributed by atoms with Crippen molar-refractivity contribution in [2.75, 3.05) is 55.9 Å². The van der Waals surface area contributed by atoms with Crippen molar-refractivity contribution in [3.05, 3.63) is 59.4 Å². The van der Waals surface area contributed by atoms with Crippen LogP contribution in [0.5, 0.6) is 0 Å². The first-order chi connectivity index (χ1) is 17.7. The fraction of sp³-hybridized carbons (Fsp3) is 0.385. The van der Waals surface area contributed by atoms with Gasteiger partial charge in [-0.05, 0) is 53.9 Å². The molecule has 0 aliphatic carbocycles. The van der Waals surface area contributed by atoms with Gasteiger partial charge in [0.2, 0.25) is 0 Å². The van der Waals surface area contributed by atoms with E-state index in [9.17, 15) is 18.0 Å². The number of aldehydes is 1. The monoisotopic (exact) mass is 518 g/mol. The van der Waals surface area contributed by atoms with E-state index in [4.69, 9.17) is 9.72 Å². The number of anilines is 3. The summed E-state index contributed by atoms with van der Waals surface area (Å²) in [6.45, 7) is 9.43. The Morgan fingerprint density at radius 1 is 1.03 bits per heavy atom. The molecule has 0 atom stereocenters. The highest BCUT2D eigenvalue weighted by atomic mass is 19.4. The topological polar surface area (TPSA) is 92.3 Å². The molecule has 200 valence electrons. The highest BCUT2D eigenvalue weighted by molar-refractivity contribution is 5.76. The molecule has 0 amide bonds. The number of rotatable bonds is 5. The molecule has 8 nitrogen and oxygen atoms in total. The average Bonchev–Trinajstić information content (AvgIpc) is 2.94. The predicted octanol–water partition coefficient (Wildman–Crippen LogP) is 5.31. The first-order valence-corrected chi connectivity index (χ1v) is 11.9. The van der Waals surface area contributed by atoms with Crippen molar-refractivity contribution >= 4 is 23.6 Å². The molecule has 0 unspecified atom stereocenters. The van der Waals surface area contributed by atoms with Crippen LogP contribution in [0, 0.1) is 6.92 Å². The van der Waals surface area contributed by atoms with Gasteiger partial charge in [-0.2, -0.15) is 18.3 Å². The van der Waals surface area contributed by atoms with Gasteiger partial charge in [0.25, 0.3) is 0 Å². The van der Waals surface area contributed by atoms with Crippen molar-refractivity contribution in [2.24, 2.45) is 0 Å². The molecule has 3 aromatic rings. The number of nitrogens with one attached hydrogen (secondary N) is 2. The summed E-state index contributed by atoms with van der Waals surface area (Å²) in [5.74, 6) is 1.89. The van der Waals surface area contributed by atoms with E-state index in [1.54, 1.807) is 0 Å². The van der Waals surface area contributed by atoms with Crippen molar-refractivity contribution < 1.29 is 22.7 Å². The maximum atomic E-state index is 11.9. The predicted molar refractivity (Wildman–Crippen MR) is 140 cm³/mol. The van der Waals surface area contributed by atoms with Crippen molar-refractivity contribution in [2.45, 2.75) is 26.9 Å². The van der Waals surface area contributed by atoms with Crippen LogP contribution < -0.4 is 15.5 Å². The van der Waals surface area contributed by atoms with Gasteiger partial charge in [-0.3, -0.25) is 4.79 Å². The van der Waals surface area contributed by atoms with Crippen LogP contribution >= 0.6 is 0 Å². The lowest BCUT2D eigenvalue weighted by atomic mass is 10.00. The Bertz CT molecular complexity index is 1150. The third kappa shape index (κ3) is 8.42. The number of hydrogen-bond donors (Lipinski definition) is 2. The zero-order valence-corrected chi connectivity index (χ0v) is 21.7.